The Bertz CT molecular complexity index is 1070. The summed E-state index contributed by atoms with van der Waals surface area (Å²) in [5.41, 5.74) is 3.58. The van der Waals surface area contributed by atoms with Gasteiger partial charge in [0.15, 0.2) is 0 Å². The van der Waals surface area contributed by atoms with Crippen molar-refractivity contribution in [1.82, 2.24) is 10.6 Å². The fourth-order valence-electron chi connectivity index (χ4n) is 4.27. The van der Waals surface area contributed by atoms with E-state index in [1.807, 2.05) is 49.4 Å². The van der Waals surface area contributed by atoms with E-state index in [2.05, 4.69) is 29.7 Å². The van der Waals surface area contributed by atoms with E-state index in [0.717, 1.165) is 23.6 Å². The maximum absolute atomic E-state index is 13.8. The quantitative estimate of drug-likeness (QED) is 0.346. The maximum Gasteiger partial charge on any atom is 0.227 e. The molecule has 3 aromatic rings. The zero-order chi connectivity index (χ0) is 25.2. The molecule has 0 saturated carbocycles. The minimum absolute atomic E-state index is 0.0970. The molecule has 35 heavy (non-hydrogen) atoms. The summed E-state index contributed by atoms with van der Waals surface area (Å²) in [7, 11) is 0. The summed E-state index contributed by atoms with van der Waals surface area (Å²) in [6.07, 6.45) is 0.654. The van der Waals surface area contributed by atoms with Crippen molar-refractivity contribution < 1.29 is 18.7 Å². The molecule has 3 atom stereocenters. The number of rotatable bonds is 12. The van der Waals surface area contributed by atoms with Gasteiger partial charge in [0.05, 0.1) is 18.1 Å². The van der Waals surface area contributed by atoms with Gasteiger partial charge in [0, 0.05) is 19.2 Å². The van der Waals surface area contributed by atoms with Crippen molar-refractivity contribution in [3.8, 4) is 0 Å². The van der Waals surface area contributed by atoms with Gasteiger partial charge in [-0.2, -0.15) is 0 Å². The molecular formula is C29H34F2N2O2. The van der Waals surface area contributed by atoms with Crippen LogP contribution in [0.25, 0.3) is 0 Å². The number of hydrogen-bond acceptors (Lipinski definition) is 3. The summed E-state index contributed by atoms with van der Waals surface area (Å²) >= 11 is 0. The lowest BCUT2D eigenvalue weighted by Gasteiger charge is -2.27. The first-order valence-corrected chi connectivity index (χ1v) is 12.2. The Hall–Kier alpha value is -3.09. The van der Waals surface area contributed by atoms with Crippen molar-refractivity contribution in [2.75, 3.05) is 6.54 Å². The molecule has 6 heteroatoms. The van der Waals surface area contributed by atoms with Crippen LogP contribution in [-0.4, -0.2) is 29.7 Å². The fraction of sp³-hybridized carbons (Fsp3) is 0.345. The Morgan fingerprint density at radius 3 is 2.23 bits per heavy atom. The SMILES string of the molecule is CCc1cccc(CNC[C@@H](O)[C@H](Cc2cc(F)cc(F)c2)NC(=O)C(CC)c2ccccc2)c1. The van der Waals surface area contributed by atoms with Crippen molar-refractivity contribution in [3.05, 3.63) is 107 Å². The highest BCUT2D eigenvalue weighted by molar-refractivity contribution is 5.83. The topological polar surface area (TPSA) is 61.4 Å². The number of nitrogens with one attached hydrogen (secondary N) is 2. The molecule has 186 valence electrons. The predicted octanol–water partition coefficient (Wildman–Crippen LogP) is 4.90. The first-order valence-electron chi connectivity index (χ1n) is 12.2. The summed E-state index contributed by atoms with van der Waals surface area (Å²) in [5, 5.41) is 17.2. The van der Waals surface area contributed by atoms with Crippen molar-refractivity contribution in [3.63, 3.8) is 0 Å². The lowest BCUT2D eigenvalue weighted by atomic mass is 9.94. The molecule has 1 unspecified atom stereocenters. The third-order valence-electron chi connectivity index (χ3n) is 6.18. The second kappa shape index (κ2) is 13.1. The highest BCUT2D eigenvalue weighted by Crippen LogP contribution is 2.20. The van der Waals surface area contributed by atoms with E-state index in [1.165, 1.54) is 17.7 Å². The minimum Gasteiger partial charge on any atom is -0.390 e. The Labute approximate surface area is 206 Å². The zero-order valence-electron chi connectivity index (χ0n) is 20.3. The van der Waals surface area contributed by atoms with E-state index in [0.29, 0.717) is 18.5 Å². The van der Waals surface area contributed by atoms with Crippen molar-refractivity contribution >= 4 is 5.91 Å². The molecule has 0 aliphatic carbocycles. The number of aliphatic hydroxyl groups excluding tert-OH is 1. The molecule has 0 saturated heterocycles. The number of hydrogen-bond donors (Lipinski definition) is 3. The Kier molecular flexibility index (Phi) is 9.94. The van der Waals surface area contributed by atoms with Crippen LogP contribution in [0.5, 0.6) is 0 Å². The molecule has 0 heterocycles. The summed E-state index contributed by atoms with van der Waals surface area (Å²) in [6, 6.07) is 20.2. The van der Waals surface area contributed by atoms with Gasteiger partial charge >= 0.3 is 0 Å². The van der Waals surface area contributed by atoms with Crippen LogP contribution in [0.3, 0.4) is 0 Å². The highest BCUT2D eigenvalue weighted by atomic mass is 19.1. The molecule has 4 nitrogen and oxygen atoms in total. The summed E-state index contributed by atoms with van der Waals surface area (Å²) in [4.78, 5) is 13.2. The molecule has 3 N–H and O–H groups in total. The molecule has 0 aromatic heterocycles. The van der Waals surface area contributed by atoms with Gasteiger partial charge in [0.1, 0.15) is 11.6 Å². The average Bonchev–Trinajstić information content (AvgIpc) is 2.84. The van der Waals surface area contributed by atoms with Crippen LogP contribution in [-0.2, 0) is 24.2 Å². The third kappa shape index (κ3) is 7.98. The molecule has 0 bridgehead atoms. The molecule has 0 fully saturated rings. The fourth-order valence-corrected chi connectivity index (χ4v) is 4.27. The molecule has 0 aliphatic rings. The van der Waals surface area contributed by atoms with Crippen molar-refractivity contribution in [2.45, 2.75) is 57.7 Å². The maximum atomic E-state index is 13.8. The number of halogens is 2. The van der Waals surface area contributed by atoms with Gasteiger partial charge in [-0.1, -0.05) is 68.4 Å². The minimum atomic E-state index is -0.965. The lowest BCUT2D eigenvalue weighted by Crippen LogP contribution is -2.49. The monoisotopic (exact) mass is 480 g/mol. The first-order chi connectivity index (χ1) is 16.9. The van der Waals surface area contributed by atoms with E-state index in [-0.39, 0.29) is 24.8 Å². The van der Waals surface area contributed by atoms with Crippen LogP contribution in [0, 0.1) is 11.6 Å². The molecule has 3 rings (SSSR count). The summed E-state index contributed by atoms with van der Waals surface area (Å²) in [5.74, 6) is -2.00. The Morgan fingerprint density at radius 2 is 1.57 bits per heavy atom. The highest BCUT2D eigenvalue weighted by Gasteiger charge is 2.26. The van der Waals surface area contributed by atoms with Gasteiger partial charge in [0.25, 0.3) is 0 Å². The van der Waals surface area contributed by atoms with Gasteiger partial charge in [-0.05, 0) is 53.6 Å². The van der Waals surface area contributed by atoms with E-state index in [4.69, 9.17) is 0 Å². The first kappa shape index (κ1) is 26.5. The van der Waals surface area contributed by atoms with Crippen molar-refractivity contribution in [2.24, 2.45) is 0 Å². The molecular weight excluding hydrogens is 446 g/mol. The second-order valence-corrected chi connectivity index (χ2v) is 8.84. The molecule has 0 spiro atoms. The standard InChI is InChI=1S/C29H34F2N2O2/c1-3-20-9-8-10-21(13-20)18-32-19-28(34)27(16-22-14-24(30)17-25(31)15-22)33-29(35)26(4-2)23-11-6-5-7-12-23/h5-15,17,26-28,32,34H,3-4,16,18-19H2,1-2H3,(H,33,35)/t26?,27-,28+/m0/s1. The second-order valence-electron chi connectivity index (χ2n) is 8.84. The Balaban J connectivity index is 1.72. The largest absolute Gasteiger partial charge is 0.390 e. The van der Waals surface area contributed by atoms with Crippen LogP contribution < -0.4 is 10.6 Å². The van der Waals surface area contributed by atoms with Gasteiger partial charge in [0.2, 0.25) is 5.91 Å². The number of aryl methyl sites for hydroxylation is 1. The lowest BCUT2D eigenvalue weighted by molar-refractivity contribution is -0.124. The van der Waals surface area contributed by atoms with Crippen LogP contribution in [0.2, 0.25) is 0 Å². The van der Waals surface area contributed by atoms with E-state index >= 15 is 0 Å². The van der Waals surface area contributed by atoms with Gasteiger partial charge < -0.3 is 15.7 Å². The normalized spacial score (nSPS) is 13.7. The predicted molar refractivity (Wildman–Crippen MR) is 135 cm³/mol. The summed E-state index contributed by atoms with van der Waals surface area (Å²) < 4.78 is 27.6. The number of amides is 1. The number of aliphatic hydroxyl groups is 1. The number of carbonyl (C=O) groups is 1. The number of carbonyl (C=O) groups excluding carboxylic acids is 1. The Morgan fingerprint density at radius 1 is 0.886 bits per heavy atom. The number of benzene rings is 3. The average molecular weight is 481 g/mol. The summed E-state index contributed by atoms with van der Waals surface area (Å²) in [6.45, 7) is 4.79. The van der Waals surface area contributed by atoms with Crippen LogP contribution in [0.15, 0.2) is 72.8 Å². The van der Waals surface area contributed by atoms with Crippen LogP contribution in [0.4, 0.5) is 8.78 Å². The molecule has 0 radical (unpaired) electrons. The van der Waals surface area contributed by atoms with Gasteiger partial charge in [-0.3, -0.25) is 4.79 Å². The molecule has 0 aliphatic heterocycles. The van der Waals surface area contributed by atoms with E-state index in [9.17, 15) is 18.7 Å². The van der Waals surface area contributed by atoms with Crippen LogP contribution in [0.1, 0.15) is 48.4 Å². The van der Waals surface area contributed by atoms with E-state index < -0.39 is 23.8 Å². The smallest absolute Gasteiger partial charge is 0.227 e. The zero-order valence-corrected chi connectivity index (χ0v) is 20.3. The third-order valence-corrected chi connectivity index (χ3v) is 6.18. The van der Waals surface area contributed by atoms with Crippen LogP contribution >= 0.6 is 0 Å². The molecule has 3 aromatic carbocycles. The van der Waals surface area contributed by atoms with Gasteiger partial charge in [-0.15, -0.1) is 0 Å². The van der Waals surface area contributed by atoms with Gasteiger partial charge in [-0.25, -0.2) is 8.78 Å². The van der Waals surface area contributed by atoms with E-state index in [1.54, 1.807) is 0 Å². The molecule has 1 amide bonds. The van der Waals surface area contributed by atoms with Crippen molar-refractivity contribution in [1.29, 1.82) is 0 Å².